The lowest BCUT2D eigenvalue weighted by Gasteiger charge is -2.01. The molecule has 2 nitrogen and oxygen atoms in total. The van der Waals surface area contributed by atoms with Crippen molar-refractivity contribution in [3.63, 3.8) is 0 Å². The van der Waals surface area contributed by atoms with Crippen molar-refractivity contribution in [1.82, 2.24) is 4.98 Å². The van der Waals surface area contributed by atoms with Crippen molar-refractivity contribution < 1.29 is 4.43 Å². The van der Waals surface area contributed by atoms with E-state index < -0.39 is 9.20 Å². The normalized spacial score (nSPS) is 31.3. The molecule has 1 aliphatic rings. The second-order valence-corrected chi connectivity index (χ2v) is 4.25. The van der Waals surface area contributed by atoms with Gasteiger partial charge in [-0.1, -0.05) is 0 Å². The first kappa shape index (κ1) is 5.28. The van der Waals surface area contributed by atoms with Gasteiger partial charge in [0.25, 0.3) is 9.20 Å². The summed E-state index contributed by atoms with van der Waals surface area (Å²) in [6, 6.07) is 1.32. The van der Waals surface area contributed by atoms with Crippen LogP contribution in [-0.4, -0.2) is 22.9 Å². The number of nitrogens with one attached hydrogen (secondary N) is 1. The van der Waals surface area contributed by atoms with E-state index in [1.807, 2.05) is 0 Å². The van der Waals surface area contributed by atoms with Crippen LogP contribution in [0.15, 0.2) is 0 Å². The molecular weight excluding hydrogens is 106 g/mol. The predicted octanol–water partition coefficient (Wildman–Crippen LogP) is -0.153. The minimum Gasteiger partial charge on any atom is -0.409 e. The average Bonchev–Trinajstić information content (AvgIpc) is 2.14. The van der Waals surface area contributed by atoms with E-state index in [1.54, 1.807) is 7.11 Å². The highest BCUT2D eigenvalue weighted by molar-refractivity contribution is 6.49. The van der Waals surface area contributed by atoms with Gasteiger partial charge in [-0.3, -0.25) is 0 Å². The Morgan fingerprint density at radius 1 is 1.71 bits per heavy atom. The summed E-state index contributed by atoms with van der Waals surface area (Å²) >= 11 is 0. The van der Waals surface area contributed by atoms with E-state index in [2.05, 4.69) is 4.98 Å². The monoisotopic (exact) mass is 117 g/mol. The summed E-state index contributed by atoms with van der Waals surface area (Å²) in [5.41, 5.74) is 0. The minimum absolute atomic E-state index is 0.810. The first-order chi connectivity index (χ1) is 3.43. The van der Waals surface area contributed by atoms with Gasteiger partial charge < -0.3 is 9.41 Å². The third-order valence-electron chi connectivity index (χ3n) is 1.30. The fourth-order valence-corrected chi connectivity index (χ4v) is 2.56. The van der Waals surface area contributed by atoms with Gasteiger partial charge in [0, 0.05) is 7.11 Å². The molecule has 0 aromatic carbocycles. The van der Waals surface area contributed by atoms with Crippen LogP contribution in [0.4, 0.5) is 0 Å². The van der Waals surface area contributed by atoms with Crippen molar-refractivity contribution in [2.24, 2.45) is 0 Å². The molecule has 7 heavy (non-hydrogen) atoms. The summed E-state index contributed by atoms with van der Waals surface area (Å²) in [6.07, 6.45) is 1.32. The van der Waals surface area contributed by atoms with Crippen LogP contribution >= 0.6 is 0 Å². The molecule has 0 saturated carbocycles. The van der Waals surface area contributed by atoms with Crippen LogP contribution in [0.2, 0.25) is 6.04 Å². The van der Waals surface area contributed by atoms with Crippen LogP contribution < -0.4 is 4.98 Å². The molecule has 1 fully saturated rings. The van der Waals surface area contributed by atoms with Crippen LogP contribution in [0.1, 0.15) is 6.42 Å². The van der Waals surface area contributed by atoms with Gasteiger partial charge in [0.05, 0.1) is 0 Å². The summed E-state index contributed by atoms with van der Waals surface area (Å²) in [5, 5.41) is 0. The standard InChI is InChI=1S/C4H11NOSi/c1-6-7-4-2-3-5-7/h5,7H,2-4H2,1H3. The molecule has 0 aliphatic carbocycles. The van der Waals surface area contributed by atoms with Gasteiger partial charge in [-0.05, 0) is 19.0 Å². The molecule has 42 valence electrons. The Balaban J connectivity index is 2.14. The van der Waals surface area contributed by atoms with Crippen molar-refractivity contribution in [1.29, 1.82) is 0 Å². The summed E-state index contributed by atoms with van der Waals surface area (Å²) in [4.78, 5) is 3.32. The van der Waals surface area contributed by atoms with E-state index in [0.717, 1.165) is 0 Å². The van der Waals surface area contributed by atoms with Gasteiger partial charge in [-0.15, -0.1) is 0 Å². The van der Waals surface area contributed by atoms with Crippen LogP contribution in [0, 0.1) is 0 Å². The van der Waals surface area contributed by atoms with Gasteiger partial charge in [0.1, 0.15) is 0 Å². The van der Waals surface area contributed by atoms with Crippen LogP contribution in [-0.2, 0) is 4.43 Å². The molecule has 1 atom stereocenters. The minimum atomic E-state index is -0.810. The zero-order valence-electron chi connectivity index (χ0n) is 4.61. The van der Waals surface area contributed by atoms with Crippen LogP contribution in [0.5, 0.6) is 0 Å². The topological polar surface area (TPSA) is 21.3 Å². The van der Waals surface area contributed by atoms with Gasteiger partial charge in [-0.2, -0.15) is 0 Å². The highest BCUT2D eigenvalue weighted by atomic mass is 28.3. The molecule has 1 heterocycles. The highest BCUT2D eigenvalue weighted by Gasteiger charge is 2.14. The molecule has 1 aliphatic heterocycles. The van der Waals surface area contributed by atoms with E-state index in [4.69, 9.17) is 4.43 Å². The van der Waals surface area contributed by atoms with Crippen LogP contribution in [0.3, 0.4) is 0 Å². The quantitative estimate of drug-likeness (QED) is 0.482. The first-order valence-electron chi connectivity index (χ1n) is 2.69. The van der Waals surface area contributed by atoms with Crippen molar-refractivity contribution in [2.45, 2.75) is 12.5 Å². The lowest BCUT2D eigenvalue weighted by molar-refractivity contribution is 0.416. The summed E-state index contributed by atoms with van der Waals surface area (Å²) < 4.78 is 5.14. The molecule has 0 aromatic rings. The SMILES string of the molecule is CO[SiH]1CCCN1. The molecule has 1 saturated heterocycles. The first-order valence-corrected chi connectivity index (χ1v) is 4.56. The summed E-state index contributed by atoms with van der Waals surface area (Å²) in [7, 11) is 0.991. The van der Waals surface area contributed by atoms with Crippen molar-refractivity contribution in [2.75, 3.05) is 13.7 Å². The lowest BCUT2D eigenvalue weighted by atomic mass is 10.5. The van der Waals surface area contributed by atoms with E-state index >= 15 is 0 Å². The molecule has 0 amide bonds. The van der Waals surface area contributed by atoms with Crippen molar-refractivity contribution in [3.8, 4) is 0 Å². The maximum atomic E-state index is 5.14. The van der Waals surface area contributed by atoms with Crippen molar-refractivity contribution in [3.05, 3.63) is 0 Å². The Bertz CT molecular complexity index is 53.7. The van der Waals surface area contributed by atoms with Gasteiger partial charge in [0.2, 0.25) is 0 Å². The van der Waals surface area contributed by atoms with E-state index in [-0.39, 0.29) is 0 Å². The molecule has 3 heteroatoms. The summed E-state index contributed by atoms with van der Waals surface area (Å²) in [5.74, 6) is 0. The van der Waals surface area contributed by atoms with Gasteiger partial charge in [-0.25, -0.2) is 0 Å². The predicted molar refractivity (Wildman–Crippen MR) is 31.6 cm³/mol. The van der Waals surface area contributed by atoms with Gasteiger partial charge in [0.15, 0.2) is 0 Å². The van der Waals surface area contributed by atoms with Gasteiger partial charge >= 0.3 is 0 Å². The Kier molecular flexibility index (Phi) is 1.84. The van der Waals surface area contributed by atoms with E-state index in [0.29, 0.717) is 0 Å². The summed E-state index contributed by atoms with van der Waals surface area (Å²) in [6.45, 7) is 1.19. The second kappa shape index (κ2) is 2.45. The fourth-order valence-electron chi connectivity index (χ4n) is 0.854. The third-order valence-corrected chi connectivity index (χ3v) is 3.55. The van der Waals surface area contributed by atoms with Crippen LogP contribution in [0.25, 0.3) is 0 Å². The molecule has 0 spiro atoms. The second-order valence-electron chi connectivity index (χ2n) is 1.82. The fraction of sp³-hybridized carbons (Fsp3) is 1.00. The molecular formula is C4H11NOSi. The smallest absolute Gasteiger partial charge is 0.251 e. The maximum Gasteiger partial charge on any atom is 0.251 e. The number of hydrogen-bond donors (Lipinski definition) is 1. The average molecular weight is 117 g/mol. The Morgan fingerprint density at radius 2 is 2.57 bits per heavy atom. The van der Waals surface area contributed by atoms with E-state index in [1.165, 1.54) is 19.0 Å². The zero-order valence-corrected chi connectivity index (χ0v) is 5.76. The molecule has 0 aromatic heterocycles. The highest BCUT2D eigenvalue weighted by Crippen LogP contribution is 2.01. The number of hydrogen-bond acceptors (Lipinski definition) is 2. The third kappa shape index (κ3) is 1.26. The molecule has 0 radical (unpaired) electrons. The Hall–Kier alpha value is 0.137. The molecule has 1 N–H and O–H groups in total. The lowest BCUT2D eigenvalue weighted by Crippen LogP contribution is -2.28. The molecule has 1 rings (SSSR count). The molecule has 1 unspecified atom stereocenters. The number of rotatable bonds is 1. The largest absolute Gasteiger partial charge is 0.409 e. The Morgan fingerprint density at radius 3 is 2.86 bits per heavy atom. The zero-order chi connectivity index (χ0) is 5.11. The van der Waals surface area contributed by atoms with E-state index in [9.17, 15) is 0 Å². The molecule has 0 bridgehead atoms. The maximum absolute atomic E-state index is 5.14. The Labute approximate surface area is 45.7 Å². The van der Waals surface area contributed by atoms with Crippen molar-refractivity contribution >= 4 is 9.20 Å².